The lowest BCUT2D eigenvalue weighted by atomic mass is 9.99. The first-order valence-electron chi connectivity index (χ1n) is 13.8. The van der Waals surface area contributed by atoms with Crippen molar-refractivity contribution in [1.29, 1.82) is 0 Å². The summed E-state index contributed by atoms with van der Waals surface area (Å²) in [5.74, 6) is 0.228. The first-order valence-corrected chi connectivity index (χ1v) is 13.8. The molecule has 3 aliphatic heterocycles. The fourth-order valence-electron chi connectivity index (χ4n) is 5.57. The molecule has 3 aromatic carbocycles. The Hall–Kier alpha value is -4.11. The molecule has 6 rings (SSSR count). The molecule has 0 spiro atoms. The Morgan fingerprint density at radius 2 is 1.77 bits per heavy atom. The molecule has 0 saturated heterocycles. The van der Waals surface area contributed by atoms with E-state index in [1.807, 2.05) is 61.6 Å². The Morgan fingerprint density at radius 3 is 2.52 bits per heavy atom. The van der Waals surface area contributed by atoms with Crippen molar-refractivity contribution in [3.05, 3.63) is 65.7 Å². The maximum Gasteiger partial charge on any atom is 0.253 e. The van der Waals surface area contributed by atoms with Crippen molar-refractivity contribution in [2.24, 2.45) is 0 Å². The highest BCUT2D eigenvalue weighted by Crippen LogP contribution is 2.37. The molecule has 2 atom stereocenters. The van der Waals surface area contributed by atoms with Crippen molar-refractivity contribution in [3.63, 3.8) is 0 Å². The number of amides is 3. The van der Waals surface area contributed by atoms with Crippen LogP contribution in [-0.2, 0) is 16.1 Å². The van der Waals surface area contributed by atoms with Crippen LogP contribution in [-0.4, -0.2) is 75.5 Å². The largest absolute Gasteiger partial charge is 0.496 e. The predicted molar refractivity (Wildman–Crippen MR) is 157 cm³/mol. The molecule has 3 aromatic rings. The lowest BCUT2D eigenvalue weighted by Crippen LogP contribution is -2.55. The zero-order valence-corrected chi connectivity index (χ0v) is 23.6. The van der Waals surface area contributed by atoms with E-state index in [0.717, 1.165) is 40.6 Å². The number of carbonyl (C=O) groups is 3. The Morgan fingerprint density at radius 1 is 1.02 bits per heavy atom. The van der Waals surface area contributed by atoms with Crippen LogP contribution in [0.5, 0.6) is 5.75 Å². The van der Waals surface area contributed by atoms with Crippen LogP contribution in [0.3, 0.4) is 0 Å². The van der Waals surface area contributed by atoms with E-state index in [9.17, 15) is 14.4 Å². The number of likely N-dealkylation sites (N-methyl/N-ethyl adjacent to an activating group) is 1. The van der Waals surface area contributed by atoms with Gasteiger partial charge in [-0.2, -0.15) is 0 Å². The SMILES string of the molecule is CN[C@@H](C)C(=O)N[C@H]1CN2CCCCN(C)C(=O)c3ccc4c(c(OC)ccc4c3)CN(C1=O)c1ccccc12. The second kappa shape index (κ2) is 11.6. The average Bonchev–Trinajstić information content (AvgIpc) is 3.08. The minimum absolute atomic E-state index is 0.0175. The maximum atomic E-state index is 14.3. The van der Waals surface area contributed by atoms with Crippen molar-refractivity contribution in [3.8, 4) is 5.75 Å². The maximum absolute atomic E-state index is 14.3. The van der Waals surface area contributed by atoms with E-state index < -0.39 is 12.1 Å². The summed E-state index contributed by atoms with van der Waals surface area (Å²) < 4.78 is 5.77. The Labute approximate surface area is 235 Å². The number of nitrogens with zero attached hydrogens (tertiary/aromatic N) is 3. The highest BCUT2D eigenvalue weighted by Gasteiger charge is 2.36. The highest BCUT2D eigenvalue weighted by molar-refractivity contribution is 6.05. The molecule has 6 bridgehead atoms. The van der Waals surface area contributed by atoms with Gasteiger partial charge in [0.25, 0.3) is 11.8 Å². The zero-order chi connectivity index (χ0) is 28.4. The number of ether oxygens (including phenoxy) is 1. The predicted octanol–water partition coefficient (Wildman–Crippen LogP) is 3.16. The van der Waals surface area contributed by atoms with Crippen LogP contribution < -0.4 is 25.2 Å². The number of fused-ring (bicyclic) bond motifs is 6. The van der Waals surface area contributed by atoms with Gasteiger partial charge in [0, 0.05) is 37.8 Å². The molecule has 0 saturated carbocycles. The normalized spacial score (nSPS) is 18.7. The van der Waals surface area contributed by atoms with Crippen LogP contribution in [0, 0.1) is 0 Å². The van der Waals surface area contributed by atoms with E-state index in [4.69, 9.17) is 4.74 Å². The molecule has 40 heavy (non-hydrogen) atoms. The van der Waals surface area contributed by atoms with Gasteiger partial charge in [-0.1, -0.05) is 24.3 Å². The number of methoxy groups -OCH3 is 1. The summed E-state index contributed by atoms with van der Waals surface area (Å²) in [5, 5.41) is 7.77. The van der Waals surface area contributed by atoms with Crippen LogP contribution >= 0.6 is 0 Å². The molecule has 9 heteroatoms. The third kappa shape index (κ3) is 5.21. The van der Waals surface area contributed by atoms with E-state index in [1.165, 1.54) is 0 Å². The number of hydrogen-bond donors (Lipinski definition) is 2. The fourth-order valence-corrected chi connectivity index (χ4v) is 5.57. The van der Waals surface area contributed by atoms with Crippen molar-refractivity contribution in [2.45, 2.75) is 38.4 Å². The van der Waals surface area contributed by atoms with Gasteiger partial charge in [0.15, 0.2) is 0 Å². The van der Waals surface area contributed by atoms with E-state index in [0.29, 0.717) is 30.9 Å². The average molecular weight is 544 g/mol. The molecule has 3 heterocycles. The molecule has 0 aliphatic carbocycles. The summed E-state index contributed by atoms with van der Waals surface area (Å²) in [6.45, 7) is 3.66. The first-order chi connectivity index (χ1) is 19.3. The highest BCUT2D eigenvalue weighted by atomic mass is 16.5. The minimum Gasteiger partial charge on any atom is -0.496 e. The molecule has 9 nitrogen and oxygen atoms in total. The van der Waals surface area contributed by atoms with E-state index in [1.54, 1.807) is 30.9 Å². The zero-order valence-electron chi connectivity index (χ0n) is 23.6. The number of carbonyl (C=O) groups excluding carboxylic acids is 3. The molecular formula is C31H37N5O4. The second-order valence-electron chi connectivity index (χ2n) is 10.5. The number of nitrogens with one attached hydrogen (secondary N) is 2. The van der Waals surface area contributed by atoms with Crippen LogP contribution in [0.15, 0.2) is 54.6 Å². The fraction of sp³-hybridized carbons (Fsp3) is 0.387. The van der Waals surface area contributed by atoms with Gasteiger partial charge in [-0.15, -0.1) is 0 Å². The summed E-state index contributed by atoms with van der Waals surface area (Å²) in [4.78, 5) is 46.2. The molecule has 0 aromatic heterocycles. The number of hydrogen-bond acceptors (Lipinski definition) is 6. The second-order valence-corrected chi connectivity index (χ2v) is 10.5. The van der Waals surface area contributed by atoms with E-state index >= 15 is 0 Å². The lowest BCUT2D eigenvalue weighted by molar-refractivity contribution is -0.128. The molecule has 0 radical (unpaired) electrons. The topological polar surface area (TPSA) is 94.2 Å². The molecule has 2 N–H and O–H groups in total. The third-order valence-corrected chi connectivity index (χ3v) is 8.01. The third-order valence-electron chi connectivity index (χ3n) is 8.01. The van der Waals surface area contributed by atoms with E-state index in [-0.39, 0.29) is 24.3 Å². The summed E-state index contributed by atoms with van der Waals surface area (Å²) in [6.07, 6.45) is 1.63. The molecule has 0 unspecified atom stereocenters. The van der Waals surface area contributed by atoms with Crippen LogP contribution in [0.2, 0.25) is 0 Å². The Bertz CT molecular complexity index is 1440. The Balaban J connectivity index is 1.68. The molecule has 3 aliphatic rings. The molecule has 210 valence electrons. The van der Waals surface area contributed by atoms with Crippen molar-refractivity contribution >= 4 is 39.9 Å². The van der Waals surface area contributed by atoms with Crippen LogP contribution in [0.4, 0.5) is 11.4 Å². The van der Waals surface area contributed by atoms with Gasteiger partial charge in [0.1, 0.15) is 11.8 Å². The van der Waals surface area contributed by atoms with Gasteiger partial charge in [0.2, 0.25) is 5.91 Å². The number of benzene rings is 3. The number of rotatable bonds is 4. The lowest BCUT2D eigenvalue weighted by Gasteiger charge is -2.28. The summed E-state index contributed by atoms with van der Waals surface area (Å²) >= 11 is 0. The number of anilines is 2. The van der Waals surface area contributed by atoms with Crippen LogP contribution in [0.1, 0.15) is 35.7 Å². The van der Waals surface area contributed by atoms with Crippen molar-refractivity contribution in [1.82, 2.24) is 15.5 Å². The summed E-state index contributed by atoms with van der Waals surface area (Å²) in [5.41, 5.74) is 3.20. The minimum atomic E-state index is -0.747. The van der Waals surface area contributed by atoms with Gasteiger partial charge < -0.3 is 30.1 Å². The van der Waals surface area contributed by atoms with Crippen molar-refractivity contribution in [2.75, 3.05) is 50.6 Å². The molecule has 3 amide bonds. The first kappa shape index (κ1) is 27.5. The summed E-state index contributed by atoms with van der Waals surface area (Å²) in [7, 11) is 5.17. The van der Waals surface area contributed by atoms with Crippen LogP contribution in [0.25, 0.3) is 10.8 Å². The smallest absolute Gasteiger partial charge is 0.253 e. The van der Waals surface area contributed by atoms with Gasteiger partial charge in [0.05, 0.1) is 31.1 Å². The van der Waals surface area contributed by atoms with Gasteiger partial charge >= 0.3 is 0 Å². The standard InChI is InChI=1S/C31H37N5O4/c1-20(32-2)29(37)33-25-19-35-16-8-7-15-34(3)30(38)22-11-13-23-21(17-22)12-14-28(40-4)24(23)18-36(31(25)39)27-10-6-5-9-26(27)35/h5-6,9-14,17,20,25,32H,7-8,15-16,18-19H2,1-4H3,(H,33,37)/t20-,25-/m0/s1. The van der Waals surface area contributed by atoms with E-state index in [2.05, 4.69) is 15.5 Å². The van der Waals surface area contributed by atoms with Crippen molar-refractivity contribution < 1.29 is 19.1 Å². The van der Waals surface area contributed by atoms with Gasteiger partial charge in [-0.25, -0.2) is 0 Å². The Kier molecular flexibility index (Phi) is 7.93. The van der Waals surface area contributed by atoms with Gasteiger partial charge in [-0.3, -0.25) is 14.4 Å². The quantitative estimate of drug-likeness (QED) is 0.525. The van der Waals surface area contributed by atoms with Gasteiger partial charge in [-0.05, 0) is 67.9 Å². The molecule has 0 fully saturated rings. The molecular weight excluding hydrogens is 506 g/mol. The number of para-hydroxylation sites is 2. The summed E-state index contributed by atoms with van der Waals surface area (Å²) in [6, 6.07) is 16.2. The monoisotopic (exact) mass is 543 g/mol.